The molecule has 1 amide bonds. The molecule has 0 saturated carbocycles. The van der Waals surface area contributed by atoms with E-state index in [2.05, 4.69) is 10.6 Å². The van der Waals surface area contributed by atoms with Gasteiger partial charge in [-0.15, -0.1) is 0 Å². The van der Waals surface area contributed by atoms with Gasteiger partial charge in [-0.05, 0) is 43.0 Å². The molecule has 2 aromatic carbocycles. The van der Waals surface area contributed by atoms with Crippen LogP contribution in [0.3, 0.4) is 0 Å². The molecule has 2 N–H and O–H groups in total. The van der Waals surface area contributed by atoms with Crippen molar-refractivity contribution in [3.63, 3.8) is 0 Å². The van der Waals surface area contributed by atoms with Gasteiger partial charge in [-0.2, -0.15) is 0 Å². The molecule has 4 aliphatic rings. The van der Waals surface area contributed by atoms with Gasteiger partial charge in [0, 0.05) is 30.7 Å². The number of hydrogen-bond donors (Lipinski definition) is 2. The Hall–Kier alpha value is -4.48. The summed E-state index contributed by atoms with van der Waals surface area (Å²) >= 11 is 0. The van der Waals surface area contributed by atoms with Gasteiger partial charge in [0.05, 0.1) is 38.1 Å². The molecular weight excluding hydrogens is 580 g/mol. The first-order chi connectivity index (χ1) is 21.8. The van der Waals surface area contributed by atoms with Crippen molar-refractivity contribution in [1.82, 2.24) is 5.32 Å². The Bertz CT molecular complexity index is 1570. The van der Waals surface area contributed by atoms with Gasteiger partial charge in [0.15, 0.2) is 0 Å². The van der Waals surface area contributed by atoms with Crippen molar-refractivity contribution in [2.24, 2.45) is 11.8 Å². The van der Waals surface area contributed by atoms with Gasteiger partial charge in [0.2, 0.25) is 17.7 Å². The van der Waals surface area contributed by atoms with Crippen LogP contribution in [-0.2, 0) is 48.3 Å². The maximum absolute atomic E-state index is 14.7. The van der Waals surface area contributed by atoms with Crippen molar-refractivity contribution in [3.05, 3.63) is 89.2 Å². The molecule has 2 aromatic rings. The highest BCUT2D eigenvalue weighted by Crippen LogP contribution is 2.62. The number of carbonyl (C=O) groups is 4. The van der Waals surface area contributed by atoms with Gasteiger partial charge in [-0.1, -0.05) is 54.6 Å². The highest BCUT2D eigenvalue weighted by molar-refractivity contribution is 6.20. The number of benzene rings is 2. The van der Waals surface area contributed by atoms with E-state index in [4.69, 9.17) is 23.7 Å². The normalized spacial score (nSPS) is 29.1. The minimum absolute atomic E-state index is 0.0397. The van der Waals surface area contributed by atoms with Crippen LogP contribution in [0.25, 0.3) is 0 Å². The highest BCUT2D eigenvalue weighted by Gasteiger charge is 2.79. The van der Waals surface area contributed by atoms with Gasteiger partial charge in [0.25, 0.3) is 0 Å². The van der Waals surface area contributed by atoms with Crippen molar-refractivity contribution in [3.8, 4) is 0 Å². The lowest BCUT2D eigenvalue weighted by molar-refractivity contribution is -0.171. The molecule has 0 aromatic heterocycles. The minimum Gasteiger partial charge on any atom is -0.471 e. The molecule has 6 rings (SSSR count). The van der Waals surface area contributed by atoms with Crippen molar-refractivity contribution >= 4 is 29.5 Å². The van der Waals surface area contributed by atoms with E-state index < -0.39 is 58.9 Å². The number of nitrogens with one attached hydrogen (secondary N) is 2. The smallest absolute Gasteiger partial charge is 0.339 e. The number of fused-ring (bicyclic) bond motifs is 3. The molecule has 11 heteroatoms. The average molecular weight is 617 g/mol. The van der Waals surface area contributed by atoms with Crippen molar-refractivity contribution < 1.29 is 42.9 Å². The molecule has 1 saturated heterocycles. The number of hydrogen-bond acceptors (Lipinski definition) is 10. The second-order valence-corrected chi connectivity index (χ2v) is 11.4. The number of allylic oxidation sites excluding steroid dienone is 1. The van der Waals surface area contributed by atoms with E-state index in [1.54, 1.807) is 38.1 Å². The largest absolute Gasteiger partial charge is 0.471 e. The average Bonchev–Trinajstić information content (AvgIpc) is 3.72. The Morgan fingerprint density at radius 3 is 2.27 bits per heavy atom. The Morgan fingerprint density at radius 1 is 0.956 bits per heavy atom. The second kappa shape index (κ2) is 11.8. The number of rotatable bonds is 8. The van der Waals surface area contributed by atoms with Crippen LogP contribution >= 0.6 is 0 Å². The molecule has 1 spiro atoms. The first-order valence-electron chi connectivity index (χ1n) is 15.1. The lowest BCUT2D eigenvalue weighted by Crippen LogP contribution is -2.69. The predicted octanol–water partition coefficient (Wildman–Crippen LogP) is 3.12. The lowest BCUT2D eigenvalue weighted by Gasteiger charge is -2.40. The Morgan fingerprint density at radius 2 is 1.62 bits per heavy atom. The number of carbonyl (C=O) groups excluding carboxylic acids is 4. The van der Waals surface area contributed by atoms with Crippen LogP contribution < -0.4 is 10.6 Å². The SMILES string of the molecule is CCOC(=O)C1(C(=O)OCC)N[C@H](C2=CC[C@@H]3C(C(=O)OC)=CO[C@@H](OC)[C@H]23)[C@@H](c2ccccc2)[C@]12C(=O)Nc1ccccc12. The van der Waals surface area contributed by atoms with Gasteiger partial charge in [-0.3, -0.25) is 10.1 Å². The second-order valence-electron chi connectivity index (χ2n) is 11.4. The molecule has 1 aliphatic carbocycles. The van der Waals surface area contributed by atoms with Crippen LogP contribution in [0.15, 0.2) is 78.1 Å². The number of esters is 3. The number of ether oxygens (including phenoxy) is 5. The maximum atomic E-state index is 14.7. The van der Waals surface area contributed by atoms with Gasteiger partial charge in [-0.25, -0.2) is 14.4 Å². The molecule has 3 heterocycles. The molecule has 1 fully saturated rings. The summed E-state index contributed by atoms with van der Waals surface area (Å²) < 4.78 is 28.0. The molecule has 3 aliphatic heterocycles. The Balaban J connectivity index is 1.64. The van der Waals surface area contributed by atoms with E-state index in [1.807, 2.05) is 36.4 Å². The molecule has 236 valence electrons. The van der Waals surface area contributed by atoms with E-state index in [-0.39, 0.29) is 19.1 Å². The van der Waals surface area contributed by atoms with Crippen molar-refractivity contribution in [2.75, 3.05) is 32.8 Å². The molecule has 11 nitrogen and oxygen atoms in total. The summed E-state index contributed by atoms with van der Waals surface area (Å²) in [5.41, 5.74) is -1.41. The summed E-state index contributed by atoms with van der Waals surface area (Å²) in [6.45, 7) is 3.20. The van der Waals surface area contributed by atoms with Crippen molar-refractivity contribution in [2.45, 2.75) is 49.5 Å². The lowest BCUT2D eigenvalue weighted by atomic mass is 9.58. The first-order valence-corrected chi connectivity index (χ1v) is 15.1. The van der Waals surface area contributed by atoms with Crippen molar-refractivity contribution in [1.29, 1.82) is 0 Å². The topological polar surface area (TPSA) is 138 Å². The van der Waals surface area contributed by atoms with Gasteiger partial charge in [0.1, 0.15) is 5.41 Å². The van der Waals surface area contributed by atoms with Crippen LogP contribution in [0, 0.1) is 11.8 Å². The third-order valence-corrected chi connectivity index (χ3v) is 9.50. The first kappa shape index (κ1) is 30.5. The van der Waals surface area contributed by atoms with Gasteiger partial charge < -0.3 is 29.0 Å². The standard InChI is InChI=1S/C34H36N2O9/c1-5-43-31(39)34(32(40)44-6-2)33(23-14-10-11-15-24(23)35-30(33)38)26(19-12-8-7-9-13-19)27(36-34)21-17-16-20-22(28(37)41-3)18-45-29(42-4)25(20)21/h7-15,17-18,20,25-27,29,36H,5-6,16H2,1-4H3,(H,35,38)/t20-,25+,26-,27-,29-,33-/m1/s1. The Kier molecular flexibility index (Phi) is 8.00. The molecule has 6 atom stereocenters. The van der Waals surface area contributed by atoms with Crippen LogP contribution in [0.4, 0.5) is 5.69 Å². The fraction of sp³-hybridized carbons (Fsp3) is 0.412. The summed E-state index contributed by atoms with van der Waals surface area (Å²) in [5, 5.41) is 6.34. The quantitative estimate of drug-likeness (QED) is 0.197. The number of methoxy groups -OCH3 is 2. The fourth-order valence-corrected chi connectivity index (χ4v) is 7.87. The predicted molar refractivity (Wildman–Crippen MR) is 161 cm³/mol. The summed E-state index contributed by atoms with van der Waals surface area (Å²) in [4.78, 5) is 56.3. The number of amides is 1. The highest BCUT2D eigenvalue weighted by atomic mass is 16.7. The zero-order chi connectivity index (χ0) is 31.9. The van der Waals surface area contributed by atoms with Crippen LogP contribution in [-0.4, -0.2) is 69.1 Å². The van der Waals surface area contributed by atoms with Crippen LogP contribution in [0.5, 0.6) is 0 Å². The zero-order valence-corrected chi connectivity index (χ0v) is 25.5. The number of para-hydroxylation sites is 1. The van der Waals surface area contributed by atoms with E-state index in [1.165, 1.54) is 20.5 Å². The molecule has 45 heavy (non-hydrogen) atoms. The number of anilines is 1. The fourth-order valence-electron chi connectivity index (χ4n) is 7.87. The van der Waals surface area contributed by atoms with Gasteiger partial charge >= 0.3 is 17.9 Å². The Labute approximate surface area is 260 Å². The summed E-state index contributed by atoms with van der Waals surface area (Å²) in [6, 6.07) is 15.5. The van der Waals surface area contributed by atoms with Crippen LogP contribution in [0.2, 0.25) is 0 Å². The maximum Gasteiger partial charge on any atom is 0.339 e. The zero-order valence-electron chi connectivity index (χ0n) is 25.5. The van der Waals surface area contributed by atoms with E-state index in [0.29, 0.717) is 28.8 Å². The third-order valence-electron chi connectivity index (χ3n) is 9.50. The van der Waals surface area contributed by atoms with Crippen LogP contribution in [0.1, 0.15) is 37.3 Å². The third kappa shape index (κ3) is 4.24. The minimum atomic E-state index is -2.29. The molecular formula is C34H36N2O9. The summed E-state index contributed by atoms with van der Waals surface area (Å²) in [7, 11) is 2.82. The summed E-state index contributed by atoms with van der Waals surface area (Å²) in [6.07, 6.45) is 2.99. The van der Waals surface area contributed by atoms with E-state index in [9.17, 15) is 19.2 Å². The summed E-state index contributed by atoms with van der Waals surface area (Å²) in [5.74, 6) is -4.63. The molecule has 0 unspecified atom stereocenters. The molecule has 0 bridgehead atoms. The van der Waals surface area contributed by atoms with E-state index in [0.717, 1.165) is 5.57 Å². The monoisotopic (exact) mass is 616 g/mol. The van der Waals surface area contributed by atoms with E-state index >= 15 is 0 Å². The molecule has 0 radical (unpaired) electrons.